The number of halogens is 1. The van der Waals surface area contributed by atoms with Gasteiger partial charge in [-0.3, -0.25) is 4.72 Å². The predicted octanol–water partition coefficient (Wildman–Crippen LogP) is 1.60. The quantitative estimate of drug-likeness (QED) is 0.808. The highest BCUT2D eigenvalue weighted by atomic mass is 32.2. The number of hydrogen-bond acceptors (Lipinski definition) is 4. The van der Waals surface area contributed by atoms with Crippen LogP contribution in [0.1, 0.15) is 25.3 Å². The van der Waals surface area contributed by atoms with E-state index in [-0.39, 0.29) is 30.7 Å². The third-order valence-corrected chi connectivity index (χ3v) is 4.28. The molecule has 0 saturated heterocycles. The molecule has 0 aliphatic carbocycles. The molecular formula is C14H15FN2O3S. The highest BCUT2D eigenvalue weighted by molar-refractivity contribution is 7.93. The van der Waals surface area contributed by atoms with E-state index in [0.29, 0.717) is 0 Å². The van der Waals surface area contributed by atoms with Crippen LogP contribution in [0.15, 0.2) is 18.2 Å². The molecule has 1 atom stereocenters. The van der Waals surface area contributed by atoms with Gasteiger partial charge in [-0.1, -0.05) is 18.8 Å². The van der Waals surface area contributed by atoms with Crippen LogP contribution >= 0.6 is 0 Å². The molecule has 5 nitrogen and oxygen atoms in total. The molecule has 21 heavy (non-hydrogen) atoms. The van der Waals surface area contributed by atoms with Crippen LogP contribution in [0.2, 0.25) is 0 Å². The molecule has 0 fully saturated rings. The Hall–Kier alpha value is -2.09. The zero-order valence-electron chi connectivity index (χ0n) is 11.4. The number of benzene rings is 1. The van der Waals surface area contributed by atoms with Gasteiger partial charge < -0.3 is 5.11 Å². The van der Waals surface area contributed by atoms with Gasteiger partial charge in [0.15, 0.2) is 5.25 Å². The summed E-state index contributed by atoms with van der Waals surface area (Å²) in [6, 6.07) is 5.14. The first-order valence-electron chi connectivity index (χ1n) is 6.25. The van der Waals surface area contributed by atoms with Crippen LogP contribution in [0.25, 0.3) is 0 Å². The topological polar surface area (TPSA) is 90.2 Å². The van der Waals surface area contributed by atoms with Crippen molar-refractivity contribution in [1.82, 2.24) is 0 Å². The summed E-state index contributed by atoms with van der Waals surface area (Å²) in [5, 5.41) is 16.3. The Labute approximate surface area is 123 Å². The van der Waals surface area contributed by atoms with Crippen molar-refractivity contribution in [2.45, 2.75) is 25.0 Å². The average molecular weight is 310 g/mol. The number of nitrogens with zero attached hydrogens (tertiary/aromatic N) is 1. The van der Waals surface area contributed by atoms with Crippen molar-refractivity contribution in [3.05, 3.63) is 29.6 Å². The SMILES string of the molecule is CCC(C#N)S(=O)(=O)Nc1ccc(F)cc1C#CCCO. The van der Waals surface area contributed by atoms with E-state index in [0.717, 1.165) is 12.1 Å². The molecule has 0 aromatic heterocycles. The van der Waals surface area contributed by atoms with Gasteiger partial charge in [0.05, 0.1) is 23.9 Å². The molecule has 0 radical (unpaired) electrons. The van der Waals surface area contributed by atoms with Gasteiger partial charge in [-0.05, 0) is 24.6 Å². The lowest BCUT2D eigenvalue weighted by molar-refractivity contribution is 0.305. The van der Waals surface area contributed by atoms with Gasteiger partial charge in [-0.15, -0.1) is 0 Å². The number of hydrogen-bond donors (Lipinski definition) is 2. The highest BCUT2D eigenvalue weighted by Gasteiger charge is 2.24. The zero-order valence-corrected chi connectivity index (χ0v) is 12.2. The summed E-state index contributed by atoms with van der Waals surface area (Å²) in [6.07, 6.45) is 0.330. The lowest BCUT2D eigenvalue weighted by Gasteiger charge is -2.12. The summed E-state index contributed by atoms with van der Waals surface area (Å²) in [5.41, 5.74) is 0.260. The monoisotopic (exact) mass is 310 g/mol. The first-order valence-corrected chi connectivity index (χ1v) is 7.79. The molecule has 0 saturated carbocycles. The Morgan fingerprint density at radius 2 is 2.19 bits per heavy atom. The van der Waals surface area contributed by atoms with Crippen LogP contribution in [0.4, 0.5) is 10.1 Å². The summed E-state index contributed by atoms with van der Waals surface area (Å²) in [5.74, 6) is 4.63. The van der Waals surface area contributed by atoms with Crippen LogP contribution in [0, 0.1) is 29.0 Å². The molecule has 7 heteroatoms. The molecule has 0 spiro atoms. The van der Waals surface area contributed by atoms with Gasteiger partial charge in [0.25, 0.3) is 0 Å². The molecule has 2 N–H and O–H groups in total. The maximum Gasteiger partial charge on any atom is 0.249 e. The van der Waals surface area contributed by atoms with E-state index in [1.54, 1.807) is 13.0 Å². The van der Waals surface area contributed by atoms with Gasteiger partial charge >= 0.3 is 0 Å². The van der Waals surface area contributed by atoms with Crippen molar-refractivity contribution >= 4 is 15.7 Å². The minimum Gasteiger partial charge on any atom is -0.395 e. The smallest absolute Gasteiger partial charge is 0.249 e. The normalized spacial score (nSPS) is 11.9. The number of rotatable bonds is 5. The standard InChI is InChI=1S/C14H15FN2O3S/c1-2-13(10-16)21(19,20)17-14-7-6-12(15)9-11(14)5-3-4-8-18/h6-7,9,13,17-18H,2,4,8H2,1H3. The Morgan fingerprint density at radius 1 is 1.48 bits per heavy atom. The molecule has 1 rings (SSSR count). The molecule has 0 bridgehead atoms. The molecule has 0 heterocycles. The lowest BCUT2D eigenvalue weighted by Crippen LogP contribution is -2.26. The van der Waals surface area contributed by atoms with Crippen LogP contribution in [0.3, 0.4) is 0 Å². The third-order valence-electron chi connectivity index (χ3n) is 2.58. The fraction of sp³-hybridized carbons (Fsp3) is 0.357. The van der Waals surface area contributed by atoms with Crippen LogP contribution in [-0.2, 0) is 10.0 Å². The van der Waals surface area contributed by atoms with Crippen molar-refractivity contribution in [2.75, 3.05) is 11.3 Å². The summed E-state index contributed by atoms with van der Waals surface area (Å²) in [4.78, 5) is 0. The molecule has 1 unspecified atom stereocenters. The predicted molar refractivity (Wildman–Crippen MR) is 77.2 cm³/mol. The second-order valence-electron chi connectivity index (χ2n) is 4.14. The van der Waals surface area contributed by atoms with Crippen LogP contribution in [-0.4, -0.2) is 25.4 Å². The number of nitriles is 1. The van der Waals surface area contributed by atoms with E-state index >= 15 is 0 Å². The molecular weight excluding hydrogens is 295 g/mol. The lowest BCUT2D eigenvalue weighted by atomic mass is 10.2. The van der Waals surface area contributed by atoms with Crippen LogP contribution < -0.4 is 4.72 Å². The fourth-order valence-corrected chi connectivity index (χ4v) is 2.73. The third kappa shape index (κ3) is 4.75. The van der Waals surface area contributed by atoms with Gasteiger partial charge in [-0.2, -0.15) is 5.26 Å². The van der Waals surface area contributed by atoms with E-state index in [1.165, 1.54) is 6.07 Å². The molecule has 1 aromatic rings. The number of aliphatic hydroxyl groups is 1. The Kier molecular flexibility index (Phi) is 6.16. The molecule has 112 valence electrons. The molecule has 1 aromatic carbocycles. The van der Waals surface area contributed by atoms with Crippen molar-refractivity contribution in [3.63, 3.8) is 0 Å². The van der Waals surface area contributed by atoms with E-state index in [4.69, 9.17) is 10.4 Å². The Balaban J connectivity index is 3.15. The minimum atomic E-state index is -3.89. The maximum atomic E-state index is 13.2. The summed E-state index contributed by atoms with van der Waals surface area (Å²) in [6.45, 7) is 1.44. The fourth-order valence-electron chi connectivity index (χ4n) is 1.53. The van der Waals surface area contributed by atoms with Gasteiger partial charge in [0.2, 0.25) is 10.0 Å². The minimum absolute atomic E-state index is 0.107. The summed E-state index contributed by atoms with van der Waals surface area (Å²) < 4.78 is 39.5. The first-order chi connectivity index (χ1) is 9.94. The van der Waals surface area contributed by atoms with Gasteiger partial charge in [0, 0.05) is 6.42 Å². The van der Waals surface area contributed by atoms with Crippen LogP contribution in [0.5, 0.6) is 0 Å². The second kappa shape index (κ2) is 7.63. The van der Waals surface area contributed by atoms with E-state index in [1.807, 2.05) is 0 Å². The number of sulfonamides is 1. The Bertz CT molecular complexity index is 699. The van der Waals surface area contributed by atoms with E-state index in [2.05, 4.69) is 16.6 Å². The average Bonchev–Trinajstić information content (AvgIpc) is 2.43. The molecule has 0 aliphatic rings. The van der Waals surface area contributed by atoms with Crippen molar-refractivity contribution in [1.29, 1.82) is 5.26 Å². The first kappa shape index (κ1) is 17.0. The maximum absolute atomic E-state index is 13.2. The molecule has 0 aliphatic heterocycles. The summed E-state index contributed by atoms with van der Waals surface area (Å²) >= 11 is 0. The van der Waals surface area contributed by atoms with Crippen molar-refractivity contribution in [3.8, 4) is 17.9 Å². The number of aliphatic hydroxyl groups excluding tert-OH is 1. The number of anilines is 1. The second-order valence-corrected chi connectivity index (χ2v) is 6.00. The zero-order chi connectivity index (χ0) is 15.9. The largest absolute Gasteiger partial charge is 0.395 e. The van der Waals surface area contributed by atoms with E-state index < -0.39 is 21.1 Å². The van der Waals surface area contributed by atoms with Crippen molar-refractivity contribution in [2.24, 2.45) is 0 Å². The highest BCUT2D eigenvalue weighted by Crippen LogP contribution is 2.19. The van der Waals surface area contributed by atoms with Crippen molar-refractivity contribution < 1.29 is 17.9 Å². The molecule has 0 amide bonds. The Morgan fingerprint density at radius 3 is 2.76 bits per heavy atom. The van der Waals surface area contributed by atoms with Gasteiger partial charge in [-0.25, -0.2) is 12.8 Å². The summed E-state index contributed by atoms with van der Waals surface area (Å²) in [7, 11) is -3.89. The van der Waals surface area contributed by atoms with Gasteiger partial charge in [0.1, 0.15) is 5.82 Å². The number of nitrogens with one attached hydrogen (secondary N) is 1. The van der Waals surface area contributed by atoms with E-state index in [9.17, 15) is 12.8 Å².